The molecule has 0 aromatic heterocycles. The molecule has 0 saturated heterocycles. The zero-order chi connectivity index (χ0) is 26.5. The van der Waals surface area contributed by atoms with Gasteiger partial charge in [0.1, 0.15) is 24.3 Å². The predicted molar refractivity (Wildman–Crippen MR) is 144 cm³/mol. The summed E-state index contributed by atoms with van der Waals surface area (Å²) in [6.07, 6.45) is -1.01. The highest BCUT2D eigenvalue weighted by molar-refractivity contribution is 9.10. The van der Waals surface area contributed by atoms with E-state index in [0.29, 0.717) is 24.2 Å². The lowest BCUT2D eigenvalue weighted by Crippen LogP contribution is -2.46. The van der Waals surface area contributed by atoms with Crippen molar-refractivity contribution in [1.82, 2.24) is 5.32 Å². The number of halogens is 2. The van der Waals surface area contributed by atoms with E-state index in [1.54, 1.807) is 0 Å². The molecule has 1 aliphatic rings. The summed E-state index contributed by atoms with van der Waals surface area (Å²) in [5.74, 6) is -1.04. The van der Waals surface area contributed by atoms with Crippen LogP contribution in [-0.2, 0) is 17.6 Å². The molecule has 1 heterocycles. The number of nitrogens with one attached hydrogen (secondary N) is 1. The largest absolute Gasteiger partial charge is 0.490 e. The molecule has 0 unspecified atom stereocenters. The van der Waals surface area contributed by atoms with Crippen LogP contribution in [0.3, 0.4) is 0 Å². The minimum Gasteiger partial charge on any atom is -0.490 e. The zero-order valence-corrected chi connectivity index (χ0v) is 22.2. The van der Waals surface area contributed by atoms with Crippen molar-refractivity contribution >= 4 is 21.8 Å². The molecule has 0 radical (unpaired) electrons. The minimum absolute atomic E-state index is 0.0210. The number of aliphatic hydroxyl groups excluding tert-OH is 2. The molecule has 6 nitrogen and oxygen atoms in total. The fraction of sp³-hybridized carbons (Fsp3) is 0.345. The van der Waals surface area contributed by atoms with Gasteiger partial charge in [-0.3, -0.25) is 4.79 Å². The van der Waals surface area contributed by atoms with Gasteiger partial charge >= 0.3 is 0 Å². The van der Waals surface area contributed by atoms with Gasteiger partial charge in [-0.15, -0.1) is 0 Å². The van der Waals surface area contributed by atoms with Crippen LogP contribution in [0.5, 0.6) is 5.75 Å². The van der Waals surface area contributed by atoms with Gasteiger partial charge < -0.3 is 26.0 Å². The van der Waals surface area contributed by atoms with E-state index in [9.17, 15) is 19.4 Å². The number of aliphatic hydroxyl groups is 2. The van der Waals surface area contributed by atoms with Gasteiger partial charge in [-0.05, 0) is 67.6 Å². The van der Waals surface area contributed by atoms with Crippen LogP contribution in [0.15, 0.2) is 71.2 Å². The molecule has 37 heavy (non-hydrogen) atoms. The summed E-state index contributed by atoms with van der Waals surface area (Å²) in [5, 5.41) is 24.5. The van der Waals surface area contributed by atoms with Crippen LogP contribution in [0.1, 0.15) is 34.7 Å². The lowest BCUT2D eigenvalue weighted by molar-refractivity contribution is -0.128. The Morgan fingerprint density at radius 2 is 1.89 bits per heavy atom. The van der Waals surface area contributed by atoms with E-state index in [0.717, 1.165) is 21.2 Å². The molecule has 0 spiro atoms. The summed E-state index contributed by atoms with van der Waals surface area (Å²) in [5.41, 5.74) is 9.73. The third kappa shape index (κ3) is 7.17. The first-order valence-corrected chi connectivity index (χ1v) is 13.1. The maximum atomic E-state index is 14.0. The van der Waals surface area contributed by atoms with E-state index in [1.807, 2.05) is 55.5 Å². The van der Waals surface area contributed by atoms with Crippen LogP contribution in [0, 0.1) is 18.7 Å². The number of hydrogen-bond acceptors (Lipinski definition) is 5. The standard InChI is InChI=1S/C29H32BrFN2O4/c1-17-3-2-4-19(11-17)12-20(14-25(34)24(32)13-18-5-7-21(30)8-6-18)29(36)33-28-23-15-22(31)9-10-27(23)37-16-26(28)35/h2-11,15,20,24-26,28,34-35H,12-14,16,32H2,1H3,(H,33,36)/t20-,24+,25+,26-,28+/m1/s1. The van der Waals surface area contributed by atoms with Crippen molar-refractivity contribution in [2.24, 2.45) is 11.7 Å². The third-order valence-corrected chi connectivity index (χ3v) is 7.27. The topological polar surface area (TPSA) is 105 Å². The van der Waals surface area contributed by atoms with Crippen LogP contribution in [0.4, 0.5) is 4.39 Å². The van der Waals surface area contributed by atoms with Crippen LogP contribution in [-0.4, -0.2) is 41.0 Å². The van der Waals surface area contributed by atoms with Gasteiger partial charge in [0, 0.05) is 22.0 Å². The zero-order valence-electron chi connectivity index (χ0n) is 20.6. The smallest absolute Gasteiger partial charge is 0.224 e. The molecule has 1 aliphatic heterocycles. The molecule has 196 valence electrons. The highest BCUT2D eigenvalue weighted by Gasteiger charge is 2.34. The van der Waals surface area contributed by atoms with Crippen LogP contribution in [0.25, 0.3) is 0 Å². The summed E-state index contributed by atoms with van der Waals surface area (Å²) in [4.78, 5) is 13.6. The molecule has 0 fully saturated rings. The summed E-state index contributed by atoms with van der Waals surface area (Å²) in [6, 6.07) is 18.2. The van der Waals surface area contributed by atoms with E-state index in [-0.39, 0.29) is 18.9 Å². The van der Waals surface area contributed by atoms with Gasteiger partial charge in [0.2, 0.25) is 5.91 Å². The van der Waals surface area contributed by atoms with Crippen LogP contribution >= 0.6 is 15.9 Å². The Morgan fingerprint density at radius 3 is 2.62 bits per heavy atom. The Bertz CT molecular complexity index is 1220. The lowest BCUT2D eigenvalue weighted by atomic mass is 9.88. The third-order valence-electron chi connectivity index (χ3n) is 6.74. The van der Waals surface area contributed by atoms with Gasteiger partial charge in [-0.25, -0.2) is 4.39 Å². The molecule has 3 aromatic carbocycles. The van der Waals surface area contributed by atoms with Gasteiger partial charge in [-0.2, -0.15) is 0 Å². The van der Waals surface area contributed by atoms with Crippen molar-refractivity contribution in [3.63, 3.8) is 0 Å². The molecule has 3 aromatic rings. The molecule has 0 bridgehead atoms. The second-order valence-corrected chi connectivity index (χ2v) is 10.7. The number of carbonyl (C=O) groups is 1. The van der Waals surface area contributed by atoms with Gasteiger partial charge in [-0.1, -0.05) is 57.9 Å². The number of nitrogens with two attached hydrogens (primary N) is 1. The van der Waals surface area contributed by atoms with E-state index in [2.05, 4.69) is 21.2 Å². The maximum Gasteiger partial charge on any atom is 0.224 e. The van der Waals surface area contributed by atoms with Crippen molar-refractivity contribution in [3.8, 4) is 5.75 Å². The fourth-order valence-corrected chi connectivity index (χ4v) is 4.98. The summed E-state index contributed by atoms with van der Waals surface area (Å²) in [6.45, 7) is 1.96. The Morgan fingerprint density at radius 1 is 1.14 bits per heavy atom. The molecule has 1 amide bonds. The van der Waals surface area contributed by atoms with Crippen molar-refractivity contribution in [2.75, 3.05) is 6.61 Å². The number of fused-ring (bicyclic) bond motifs is 1. The number of aryl methyl sites for hydroxylation is 1. The fourth-order valence-electron chi connectivity index (χ4n) is 4.72. The summed E-state index contributed by atoms with van der Waals surface area (Å²) < 4.78 is 20.4. The van der Waals surface area contributed by atoms with E-state index < -0.39 is 36.0 Å². The van der Waals surface area contributed by atoms with Crippen molar-refractivity contribution in [2.45, 2.75) is 50.5 Å². The number of amides is 1. The Balaban J connectivity index is 1.52. The predicted octanol–water partition coefficient (Wildman–Crippen LogP) is 3.99. The number of benzene rings is 3. The lowest BCUT2D eigenvalue weighted by Gasteiger charge is -2.33. The first-order chi connectivity index (χ1) is 17.7. The van der Waals surface area contributed by atoms with Crippen molar-refractivity contribution in [1.29, 1.82) is 0 Å². The molecular weight excluding hydrogens is 539 g/mol. The van der Waals surface area contributed by atoms with E-state index >= 15 is 0 Å². The van der Waals surface area contributed by atoms with Crippen molar-refractivity contribution in [3.05, 3.63) is 99.3 Å². The van der Waals surface area contributed by atoms with E-state index in [1.165, 1.54) is 18.2 Å². The maximum absolute atomic E-state index is 14.0. The second kappa shape index (κ2) is 12.2. The second-order valence-electron chi connectivity index (χ2n) is 9.73. The van der Waals surface area contributed by atoms with Crippen LogP contribution < -0.4 is 15.8 Å². The SMILES string of the molecule is Cc1cccc(C[C@H](C[C@H](O)[C@@H](N)Cc2ccc(Br)cc2)C(=O)N[C@H]2c3cc(F)ccc3OC[C@H]2O)c1. The highest BCUT2D eigenvalue weighted by Crippen LogP contribution is 2.33. The number of rotatable bonds is 9. The monoisotopic (exact) mass is 570 g/mol. The van der Waals surface area contributed by atoms with Crippen molar-refractivity contribution < 1.29 is 24.1 Å². The quantitative estimate of drug-likeness (QED) is 0.311. The average Bonchev–Trinajstić information content (AvgIpc) is 2.86. The molecule has 5 atom stereocenters. The Labute approximate surface area is 224 Å². The first-order valence-electron chi connectivity index (χ1n) is 12.3. The summed E-state index contributed by atoms with van der Waals surface area (Å²) >= 11 is 3.41. The molecular formula is C29H32BrFN2O4. The molecule has 8 heteroatoms. The molecule has 0 aliphatic carbocycles. The van der Waals surface area contributed by atoms with Crippen LogP contribution in [0.2, 0.25) is 0 Å². The molecule has 0 saturated carbocycles. The minimum atomic E-state index is -1.04. The Kier molecular flexibility index (Phi) is 8.97. The normalized spacial score (nSPS) is 19.3. The van der Waals surface area contributed by atoms with E-state index in [4.69, 9.17) is 10.5 Å². The highest BCUT2D eigenvalue weighted by atomic mass is 79.9. The summed E-state index contributed by atoms with van der Waals surface area (Å²) in [7, 11) is 0. The van der Waals surface area contributed by atoms with Gasteiger partial charge in [0.15, 0.2) is 0 Å². The van der Waals surface area contributed by atoms with Gasteiger partial charge in [0.25, 0.3) is 0 Å². The van der Waals surface area contributed by atoms with Gasteiger partial charge in [0.05, 0.1) is 12.1 Å². The number of carbonyl (C=O) groups excluding carboxylic acids is 1. The molecule has 4 rings (SSSR count). The Hall–Kier alpha value is -2.78. The number of ether oxygens (including phenoxy) is 1. The number of hydrogen-bond donors (Lipinski definition) is 4. The average molecular weight is 571 g/mol. The first kappa shape index (κ1) is 27.3. The molecule has 5 N–H and O–H groups in total.